The number of para-hydroxylation sites is 1. The smallest absolute Gasteiger partial charge is 0.213 e. The lowest BCUT2D eigenvalue weighted by Crippen LogP contribution is -2.31. The fourth-order valence-electron chi connectivity index (χ4n) is 4.19. The van der Waals surface area contributed by atoms with Crippen molar-refractivity contribution in [1.29, 1.82) is 0 Å². The van der Waals surface area contributed by atoms with Crippen LogP contribution in [0.2, 0.25) is 0 Å². The number of fused-ring (bicyclic) bond motifs is 1. The van der Waals surface area contributed by atoms with Crippen molar-refractivity contribution in [2.24, 2.45) is 0 Å². The van der Waals surface area contributed by atoms with Crippen LogP contribution in [-0.2, 0) is 16.1 Å². The van der Waals surface area contributed by atoms with Crippen LogP contribution in [0.15, 0.2) is 83.3 Å². The molecule has 0 N–H and O–H groups in total. The van der Waals surface area contributed by atoms with Gasteiger partial charge in [-0.25, -0.2) is 4.31 Å². The molecule has 0 radical (unpaired) electrons. The number of benzene rings is 2. The maximum Gasteiger partial charge on any atom is 0.213 e. The number of aldehydes is 1. The first-order chi connectivity index (χ1) is 17.1. The second-order valence-corrected chi connectivity index (χ2v) is 9.45. The Labute approximate surface area is 208 Å². The number of allylic oxidation sites excluding steroid dienone is 2. The number of pyridine rings is 1. The van der Waals surface area contributed by atoms with E-state index in [1.165, 1.54) is 0 Å². The number of nitrogens with zero attached hydrogens (tertiary/aromatic N) is 3. The zero-order valence-electron chi connectivity index (χ0n) is 19.3. The van der Waals surface area contributed by atoms with Crippen molar-refractivity contribution in [3.05, 3.63) is 95.1 Å². The third kappa shape index (κ3) is 5.00. The van der Waals surface area contributed by atoms with Gasteiger partial charge in [-0.05, 0) is 60.8 Å². The molecular weight excluding hydrogens is 462 g/mol. The summed E-state index contributed by atoms with van der Waals surface area (Å²) >= 11 is 1.66. The highest BCUT2D eigenvalue weighted by Gasteiger charge is 2.31. The molecule has 35 heavy (non-hydrogen) atoms. The Balaban J connectivity index is 1.53. The molecule has 0 saturated carbocycles. The fourth-order valence-corrected chi connectivity index (χ4v) is 5.18. The molecule has 0 amide bonds. The average Bonchev–Trinajstić information content (AvgIpc) is 3.06. The summed E-state index contributed by atoms with van der Waals surface area (Å²) in [4.78, 5) is 33.3. The number of rotatable bonds is 6. The largest absolute Gasteiger partial charge is 0.451 e. The van der Waals surface area contributed by atoms with Crippen LogP contribution in [0.3, 0.4) is 0 Å². The molecule has 2 aliphatic heterocycles. The van der Waals surface area contributed by atoms with E-state index < -0.39 is 0 Å². The van der Waals surface area contributed by atoms with Crippen LogP contribution in [0.4, 0.5) is 5.69 Å². The minimum atomic E-state index is -0.274. The molecule has 178 valence electrons. The van der Waals surface area contributed by atoms with Crippen LogP contribution in [0.25, 0.3) is 0 Å². The van der Waals surface area contributed by atoms with Crippen LogP contribution < -0.4 is 9.64 Å². The van der Waals surface area contributed by atoms with Crippen molar-refractivity contribution in [2.75, 3.05) is 31.2 Å². The van der Waals surface area contributed by atoms with Crippen molar-refractivity contribution in [2.45, 2.75) is 18.4 Å². The lowest BCUT2D eigenvalue weighted by atomic mass is 10.0. The van der Waals surface area contributed by atoms with Gasteiger partial charge in [-0.3, -0.25) is 14.6 Å². The van der Waals surface area contributed by atoms with Gasteiger partial charge in [0.05, 0.1) is 31.6 Å². The van der Waals surface area contributed by atoms with Crippen LogP contribution in [-0.4, -0.2) is 47.7 Å². The van der Waals surface area contributed by atoms with E-state index in [4.69, 9.17) is 9.47 Å². The summed E-state index contributed by atoms with van der Waals surface area (Å²) in [7, 11) is 0. The number of ether oxygens (including phenoxy) is 2. The molecule has 7 nitrogen and oxygen atoms in total. The van der Waals surface area contributed by atoms with E-state index in [2.05, 4.69) is 9.29 Å². The van der Waals surface area contributed by atoms with Crippen molar-refractivity contribution in [3.63, 3.8) is 0 Å². The van der Waals surface area contributed by atoms with Crippen molar-refractivity contribution in [1.82, 2.24) is 9.29 Å². The highest BCUT2D eigenvalue weighted by atomic mass is 32.2. The number of hydrogen-bond donors (Lipinski definition) is 0. The van der Waals surface area contributed by atoms with E-state index in [0.717, 1.165) is 42.3 Å². The number of carbonyl (C=O) groups excluding carboxylic acids is 2. The number of anilines is 1. The molecule has 1 saturated heterocycles. The van der Waals surface area contributed by atoms with Gasteiger partial charge in [-0.15, -0.1) is 0 Å². The van der Waals surface area contributed by atoms with Gasteiger partial charge in [0.15, 0.2) is 12.0 Å². The lowest BCUT2D eigenvalue weighted by molar-refractivity contribution is -0.106. The van der Waals surface area contributed by atoms with Gasteiger partial charge >= 0.3 is 0 Å². The zero-order chi connectivity index (χ0) is 24.2. The molecule has 2 aliphatic rings. The molecule has 0 atom stereocenters. The summed E-state index contributed by atoms with van der Waals surface area (Å²) in [6.07, 6.45) is 3.96. The van der Waals surface area contributed by atoms with E-state index in [1.807, 2.05) is 49.4 Å². The topological polar surface area (TPSA) is 72.0 Å². The predicted octanol–water partition coefficient (Wildman–Crippen LogP) is 4.42. The summed E-state index contributed by atoms with van der Waals surface area (Å²) in [6, 6.07) is 16.9. The van der Waals surface area contributed by atoms with Gasteiger partial charge in [-0.2, -0.15) is 0 Å². The van der Waals surface area contributed by atoms with E-state index in [-0.39, 0.29) is 17.2 Å². The minimum Gasteiger partial charge on any atom is -0.451 e. The molecule has 0 unspecified atom stereocenters. The highest BCUT2D eigenvalue weighted by Crippen LogP contribution is 2.34. The van der Waals surface area contributed by atoms with Gasteiger partial charge in [0.25, 0.3) is 0 Å². The van der Waals surface area contributed by atoms with Gasteiger partial charge in [0, 0.05) is 35.3 Å². The summed E-state index contributed by atoms with van der Waals surface area (Å²) in [5.74, 6) is 0.263. The van der Waals surface area contributed by atoms with Gasteiger partial charge in [-0.1, -0.05) is 18.2 Å². The second-order valence-electron chi connectivity index (χ2n) is 8.28. The summed E-state index contributed by atoms with van der Waals surface area (Å²) < 4.78 is 13.7. The van der Waals surface area contributed by atoms with Gasteiger partial charge in [0.2, 0.25) is 5.78 Å². The Morgan fingerprint density at radius 2 is 1.91 bits per heavy atom. The molecule has 2 aromatic carbocycles. The first kappa shape index (κ1) is 23.3. The van der Waals surface area contributed by atoms with E-state index >= 15 is 0 Å². The molecule has 3 heterocycles. The highest BCUT2D eigenvalue weighted by molar-refractivity contribution is 7.97. The Kier molecular flexibility index (Phi) is 6.94. The van der Waals surface area contributed by atoms with Gasteiger partial charge < -0.3 is 14.4 Å². The molecule has 0 spiro atoms. The number of ketones is 1. The Hall–Kier alpha value is -3.46. The number of carbonyl (C=O) groups is 2. The maximum atomic E-state index is 14.0. The first-order valence-corrected chi connectivity index (χ1v) is 12.2. The Morgan fingerprint density at radius 3 is 2.66 bits per heavy atom. The van der Waals surface area contributed by atoms with Gasteiger partial charge in [0.1, 0.15) is 11.4 Å². The number of morpholine rings is 1. The van der Waals surface area contributed by atoms with Crippen molar-refractivity contribution < 1.29 is 19.1 Å². The molecule has 0 bridgehead atoms. The monoisotopic (exact) mass is 487 g/mol. The van der Waals surface area contributed by atoms with E-state index in [1.54, 1.807) is 41.4 Å². The third-order valence-corrected chi connectivity index (χ3v) is 7.04. The molecular formula is C27H25N3O4S. The number of aryl methyl sites for hydroxylation is 1. The maximum absolute atomic E-state index is 14.0. The summed E-state index contributed by atoms with van der Waals surface area (Å²) in [5, 5.41) is 0. The van der Waals surface area contributed by atoms with Crippen LogP contribution in [0, 0.1) is 6.92 Å². The lowest BCUT2D eigenvalue weighted by Gasteiger charge is -2.26. The molecule has 1 fully saturated rings. The van der Waals surface area contributed by atoms with Crippen molar-refractivity contribution >= 4 is 29.7 Å². The number of Topliss-reactive ketones (excluding diaryl/α,β-unsaturated/α-hetero) is 1. The van der Waals surface area contributed by atoms with Crippen LogP contribution >= 0.6 is 11.9 Å². The van der Waals surface area contributed by atoms with E-state index in [9.17, 15) is 9.59 Å². The minimum absolute atomic E-state index is 0.0185. The molecule has 8 heteroatoms. The molecule has 3 aromatic rings. The summed E-state index contributed by atoms with van der Waals surface area (Å²) in [6.45, 7) is 5.44. The molecule has 1 aromatic heterocycles. The Morgan fingerprint density at radius 1 is 1.09 bits per heavy atom. The number of hydrogen-bond acceptors (Lipinski definition) is 8. The normalized spacial score (nSPS) is 16.3. The van der Waals surface area contributed by atoms with Crippen molar-refractivity contribution in [3.8, 4) is 5.75 Å². The summed E-state index contributed by atoms with van der Waals surface area (Å²) in [5.41, 5.74) is 3.12. The third-order valence-electron chi connectivity index (χ3n) is 5.95. The second kappa shape index (κ2) is 10.4. The standard InChI is InChI=1S/C27H25N3O4S/c1-19-15-22(35-29-11-13-33-14-12-29)8-9-23(19)27(32)26-25(18-31)34-24-7-3-2-5-20(24)17-30(26)21-6-4-10-28-16-21/h2-10,15-16,18H,11-14,17H2,1H3. The predicted molar refractivity (Wildman–Crippen MR) is 134 cm³/mol. The Bertz CT molecular complexity index is 1270. The molecule has 5 rings (SSSR count). The fraction of sp³-hybridized carbons (Fsp3) is 0.222. The SMILES string of the molecule is Cc1cc(SN2CCOCC2)ccc1C(=O)C1=C(C=O)Oc2ccccc2CN1c1cccnc1. The van der Waals surface area contributed by atoms with Crippen LogP contribution in [0.1, 0.15) is 21.5 Å². The average molecular weight is 488 g/mol. The van der Waals surface area contributed by atoms with Crippen LogP contribution in [0.5, 0.6) is 5.75 Å². The number of aromatic nitrogens is 1. The first-order valence-electron chi connectivity index (χ1n) is 11.4. The quantitative estimate of drug-likeness (QED) is 0.287. The molecule has 0 aliphatic carbocycles. The zero-order valence-corrected chi connectivity index (χ0v) is 20.2. The van der Waals surface area contributed by atoms with E-state index in [0.29, 0.717) is 29.8 Å².